The van der Waals surface area contributed by atoms with E-state index in [-0.39, 0.29) is 17.5 Å². The molecule has 0 bridgehead atoms. The van der Waals surface area contributed by atoms with Crippen molar-refractivity contribution in [2.45, 2.75) is 39.3 Å². The van der Waals surface area contributed by atoms with Crippen molar-refractivity contribution in [2.75, 3.05) is 17.6 Å². The Morgan fingerprint density at radius 2 is 2.18 bits per heavy atom. The summed E-state index contributed by atoms with van der Waals surface area (Å²) in [6.45, 7) is 6.57. The van der Waals surface area contributed by atoms with Gasteiger partial charge in [-0.3, -0.25) is 0 Å². The molecule has 1 saturated heterocycles. The van der Waals surface area contributed by atoms with Crippen LogP contribution in [-0.4, -0.2) is 34.7 Å². The van der Waals surface area contributed by atoms with Crippen LogP contribution < -0.4 is 11.1 Å². The molecule has 2 rings (SSSR count). The van der Waals surface area contributed by atoms with Crippen molar-refractivity contribution in [1.82, 2.24) is 4.90 Å². The van der Waals surface area contributed by atoms with Crippen molar-refractivity contribution in [3.63, 3.8) is 0 Å². The lowest BCUT2D eigenvalue weighted by Crippen LogP contribution is -2.42. The zero-order chi connectivity index (χ0) is 16.5. The monoisotopic (exact) mass is 302 g/mol. The number of nitriles is 1. The fraction of sp³-hybridized carbons (Fsp3) is 0.500. The molecule has 1 aromatic rings. The summed E-state index contributed by atoms with van der Waals surface area (Å²) in [6, 6.07) is 7.10. The minimum Gasteiger partial charge on any atom is -0.465 e. The van der Waals surface area contributed by atoms with Crippen LogP contribution in [0, 0.1) is 16.7 Å². The van der Waals surface area contributed by atoms with E-state index in [1.807, 2.05) is 26.8 Å². The van der Waals surface area contributed by atoms with E-state index in [0.717, 1.165) is 12.1 Å². The van der Waals surface area contributed by atoms with Gasteiger partial charge in [-0.05, 0) is 30.0 Å². The molecule has 1 fully saturated rings. The summed E-state index contributed by atoms with van der Waals surface area (Å²) >= 11 is 0. The molecule has 6 heteroatoms. The van der Waals surface area contributed by atoms with Crippen molar-refractivity contribution >= 4 is 17.5 Å². The average molecular weight is 302 g/mol. The van der Waals surface area contributed by atoms with E-state index in [4.69, 9.17) is 11.0 Å². The predicted octanol–water partition coefficient (Wildman–Crippen LogP) is 2.72. The molecule has 1 aliphatic rings. The van der Waals surface area contributed by atoms with Gasteiger partial charge in [0.1, 0.15) is 0 Å². The van der Waals surface area contributed by atoms with E-state index in [0.29, 0.717) is 17.8 Å². The number of nitrogens with one attached hydrogen (secondary N) is 1. The number of rotatable bonds is 2. The molecule has 1 amide bonds. The third-order valence-electron chi connectivity index (χ3n) is 4.09. The normalized spacial score (nSPS) is 21.5. The molecule has 0 aliphatic carbocycles. The summed E-state index contributed by atoms with van der Waals surface area (Å²) in [6.07, 6.45) is -0.160. The molecular weight excluding hydrogens is 280 g/mol. The average Bonchev–Trinajstić information content (AvgIpc) is 2.85. The third kappa shape index (κ3) is 3.25. The maximum absolute atomic E-state index is 11.4. The molecule has 0 radical (unpaired) electrons. The second kappa shape index (κ2) is 5.76. The maximum Gasteiger partial charge on any atom is 0.407 e. The van der Waals surface area contributed by atoms with Gasteiger partial charge in [-0.25, -0.2) is 4.79 Å². The maximum atomic E-state index is 11.4. The molecule has 6 nitrogen and oxygen atoms in total. The second-order valence-electron chi connectivity index (χ2n) is 6.81. The molecular formula is C16H22N4O2. The van der Waals surface area contributed by atoms with Gasteiger partial charge < -0.3 is 21.1 Å². The first-order valence-electron chi connectivity index (χ1n) is 7.28. The van der Waals surface area contributed by atoms with Crippen molar-refractivity contribution in [2.24, 2.45) is 5.41 Å². The summed E-state index contributed by atoms with van der Waals surface area (Å²) in [5.74, 6) is 0. The number of hydrogen-bond acceptors (Lipinski definition) is 4. The standard InChI is InChI=1S/C16H22N4O2/c1-16(2,3)14-7-11(9-20(14)15(21)22)19-13-5-4-10(8-17)6-12(13)18/h4-6,11,14,19H,7,9,18H2,1-3H3,(H,21,22). The van der Waals surface area contributed by atoms with Gasteiger partial charge in [-0.15, -0.1) is 0 Å². The fourth-order valence-electron chi connectivity index (χ4n) is 2.96. The van der Waals surface area contributed by atoms with Crippen LogP contribution in [0.4, 0.5) is 16.2 Å². The van der Waals surface area contributed by atoms with Gasteiger partial charge in [0.25, 0.3) is 0 Å². The molecule has 22 heavy (non-hydrogen) atoms. The first kappa shape index (κ1) is 16.0. The topological polar surface area (TPSA) is 102 Å². The molecule has 1 heterocycles. The van der Waals surface area contributed by atoms with Crippen LogP contribution in [0.5, 0.6) is 0 Å². The van der Waals surface area contributed by atoms with Crippen LogP contribution in [-0.2, 0) is 0 Å². The third-order valence-corrected chi connectivity index (χ3v) is 4.09. The lowest BCUT2D eigenvalue weighted by molar-refractivity contribution is 0.106. The summed E-state index contributed by atoms with van der Waals surface area (Å²) < 4.78 is 0. The van der Waals surface area contributed by atoms with Crippen LogP contribution in [0.25, 0.3) is 0 Å². The number of carbonyl (C=O) groups is 1. The Labute approximate surface area is 130 Å². The SMILES string of the molecule is CC(C)(C)C1CC(Nc2ccc(C#N)cc2N)CN1C(=O)O. The molecule has 4 N–H and O–H groups in total. The summed E-state index contributed by atoms with van der Waals surface area (Å²) in [5, 5.41) is 21.6. The van der Waals surface area contributed by atoms with Gasteiger partial charge in [0.15, 0.2) is 0 Å². The quantitative estimate of drug-likeness (QED) is 0.729. The Kier molecular flexibility index (Phi) is 4.18. The highest BCUT2D eigenvalue weighted by Crippen LogP contribution is 2.34. The smallest absolute Gasteiger partial charge is 0.407 e. The number of nitrogen functional groups attached to an aromatic ring is 1. The van der Waals surface area contributed by atoms with E-state index >= 15 is 0 Å². The molecule has 0 aromatic heterocycles. The van der Waals surface area contributed by atoms with Crippen molar-refractivity contribution in [1.29, 1.82) is 5.26 Å². The molecule has 1 aromatic carbocycles. The van der Waals surface area contributed by atoms with E-state index in [2.05, 4.69) is 5.32 Å². The molecule has 0 saturated carbocycles. The van der Waals surface area contributed by atoms with Gasteiger partial charge in [0.2, 0.25) is 0 Å². The number of amides is 1. The number of nitrogens with two attached hydrogens (primary N) is 1. The summed E-state index contributed by atoms with van der Waals surface area (Å²) in [4.78, 5) is 12.9. The highest BCUT2D eigenvalue weighted by molar-refractivity contribution is 5.69. The van der Waals surface area contributed by atoms with Gasteiger partial charge >= 0.3 is 6.09 Å². The number of carboxylic acid groups (broad SMARTS) is 1. The molecule has 118 valence electrons. The zero-order valence-electron chi connectivity index (χ0n) is 13.1. The van der Waals surface area contributed by atoms with E-state index in [9.17, 15) is 9.90 Å². The van der Waals surface area contributed by atoms with Gasteiger partial charge in [0, 0.05) is 18.6 Å². The minimum absolute atomic E-state index is 0.00978. The van der Waals surface area contributed by atoms with E-state index in [1.54, 1.807) is 18.2 Å². The predicted molar refractivity (Wildman–Crippen MR) is 85.6 cm³/mol. The Bertz CT molecular complexity index is 616. The minimum atomic E-state index is -0.892. The van der Waals surface area contributed by atoms with Crippen molar-refractivity contribution in [3.8, 4) is 6.07 Å². The highest BCUT2D eigenvalue weighted by Gasteiger charge is 2.41. The number of anilines is 2. The molecule has 1 aliphatic heterocycles. The Hall–Kier alpha value is -2.42. The number of benzene rings is 1. The molecule has 2 atom stereocenters. The van der Waals surface area contributed by atoms with Crippen LogP contribution in [0.15, 0.2) is 18.2 Å². The Morgan fingerprint density at radius 1 is 1.50 bits per heavy atom. The van der Waals surface area contributed by atoms with Gasteiger partial charge in [-0.1, -0.05) is 20.8 Å². The van der Waals surface area contributed by atoms with Crippen LogP contribution >= 0.6 is 0 Å². The fourth-order valence-corrected chi connectivity index (χ4v) is 2.96. The van der Waals surface area contributed by atoms with E-state index in [1.165, 1.54) is 4.90 Å². The molecule has 0 spiro atoms. The van der Waals surface area contributed by atoms with Crippen molar-refractivity contribution in [3.05, 3.63) is 23.8 Å². The summed E-state index contributed by atoms with van der Waals surface area (Å²) in [7, 11) is 0. The summed E-state index contributed by atoms with van der Waals surface area (Å²) in [5.41, 5.74) is 7.57. The Balaban J connectivity index is 2.15. The highest BCUT2D eigenvalue weighted by atomic mass is 16.4. The van der Waals surface area contributed by atoms with Crippen molar-refractivity contribution < 1.29 is 9.90 Å². The first-order valence-corrected chi connectivity index (χ1v) is 7.28. The lowest BCUT2D eigenvalue weighted by Gasteiger charge is -2.32. The van der Waals surface area contributed by atoms with Gasteiger partial charge in [0.05, 0.1) is 23.0 Å². The second-order valence-corrected chi connectivity index (χ2v) is 6.81. The molecule has 2 unspecified atom stereocenters. The number of nitrogens with zero attached hydrogens (tertiary/aromatic N) is 2. The number of hydrogen-bond donors (Lipinski definition) is 3. The van der Waals surface area contributed by atoms with E-state index < -0.39 is 6.09 Å². The lowest BCUT2D eigenvalue weighted by atomic mass is 9.85. The van der Waals surface area contributed by atoms with Gasteiger partial charge in [-0.2, -0.15) is 5.26 Å². The number of likely N-dealkylation sites (tertiary alicyclic amines) is 1. The van der Waals surface area contributed by atoms with Crippen LogP contribution in [0.3, 0.4) is 0 Å². The van der Waals surface area contributed by atoms with Crippen LogP contribution in [0.1, 0.15) is 32.8 Å². The zero-order valence-corrected chi connectivity index (χ0v) is 13.1. The Morgan fingerprint density at radius 3 is 2.64 bits per heavy atom. The van der Waals surface area contributed by atoms with Crippen LogP contribution in [0.2, 0.25) is 0 Å². The first-order chi connectivity index (χ1) is 10.2. The largest absolute Gasteiger partial charge is 0.465 e.